The van der Waals surface area contributed by atoms with Crippen molar-refractivity contribution >= 4 is 66.5 Å². The van der Waals surface area contributed by atoms with Gasteiger partial charge in [-0.05, 0) is 184 Å². The average Bonchev–Trinajstić information content (AvgIpc) is 0.682. The highest BCUT2D eigenvalue weighted by Gasteiger charge is 2.43. The highest BCUT2D eigenvalue weighted by molar-refractivity contribution is 6.43. The molecular weight excluding hydrogens is 1220 g/mol. The molecule has 5 aromatic rings. The third kappa shape index (κ3) is 24.4. The molecule has 7 nitrogen and oxygen atoms in total. The lowest BCUT2D eigenvalue weighted by Crippen LogP contribution is -2.47. The third-order valence-electron chi connectivity index (χ3n) is 23.9. The molecule has 0 bridgehead atoms. The Hall–Kier alpha value is -4.20. The quantitative estimate of drug-likeness (QED) is 0.0127. The zero-order valence-corrected chi connectivity index (χ0v) is 66.2. The van der Waals surface area contributed by atoms with E-state index < -0.39 is 5.92 Å². The Morgan fingerprint density at radius 2 is 0.580 bits per heavy atom. The van der Waals surface area contributed by atoms with Crippen LogP contribution in [-0.2, 0) is 12.8 Å². The maximum Gasteiger partial charge on any atom is 0.261 e. The van der Waals surface area contributed by atoms with Crippen molar-refractivity contribution in [1.82, 2.24) is 14.7 Å². The molecule has 2 amide bonds. The number of ketones is 2. The Morgan fingerprint density at radius 3 is 0.950 bits per heavy atom. The molecule has 100 heavy (non-hydrogen) atoms. The van der Waals surface area contributed by atoms with Crippen LogP contribution in [0.5, 0.6) is 0 Å². The van der Waals surface area contributed by atoms with Crippen LogP contribution in [0.2, 0.25) is 0 Å². The number of carbonyl (C=O) groups is 4. The lowest BCUT2D eigenvalue weighted by atomic mass is 9.69. The first kappa shape index (κ1) is 83.1. The minimum absolute atomic E-state index is 0.0147. The zero-order chi connectivity index (χ0) is 71.1. The van der Waals surface area contributed by atoms with Gasteiger partial charge in [-0.15, -0.1) is 0 Å². The van der Waals surface area contributed by atoms with Gasteiger partial charge in [-0.1, -0.05) is 330 Å². The van der Waals surface area contributed by atoms with Crippen LogP contribution in [0.15, 0.2) is 36.4 Å². The number of nitrogens with zero attached hydrogens (tertiary/aromatic N) is 3. The van der Waals surface area contributed by atoms with Gasteiger partial charge in [-0.25, -0.2) is 0 Å². The fraction of sp³-hybridized carbons (Fsp3) is 0.742. The molecule has 1 heterocycles. The van der Waals surface area contributed by atoms with E-state index in [2.05, 4.69) is 102 Å². The number of aryl methyl sites for hydroxylation is 2. The molecule has 0 spiro atoms. The number of amides is 2. The van der Waals surface area contributed by atoms with Crippen LogP contribution in [-0.4, -0.2) is 83.4 Å². The summed E-state index contributed by atoms with van der Waals surface area (Å²) in [7, 11) is 0. The number of benzene rings is 5. The lowest BCUT2D eigenvalue weighted by Gasteiger charge is -2.35. The number of fused-ring (bicyclic) bond motifs is 2. The van der Waals surface area contributed by atoms with Gasteiger partial charge in [0, 0.05) is 39.1 Å². The highest BCUT2D eigenvalue weighted by atomic mass is 16.2. The molecule has 1 unspecified atom stereocenters. The number of Topliss-reactive ketones (excluding diaryl/α,β-unsaturated/α-hetero) is 2. The monoisotopic (exact) mass is 1370 g/mol. The molecule has 1 aliphatic heterocycles. The number of carbonyl (C=O) groups excluding carboxylic acids is 4. The number of hydrogen-bond donors (Lipinski definition) is 0. The second-order valence-electron chi connectivity index (χ2n) is 32.1. The van der Waals surface area contributed by atoms with Gasteiger partial charge in [0.1, 0.15) is 0 Å². The molecule has 5 aromatic carbocycles. The molecule has 1 atom stereocenters. The zero-order valence-electron chi connectivity index (χ0n) is 66.2. The van der Waals surface area contributed by atoms with Crippen molar-refractivity contribution in [3.63, 3.8) is 0 Å². The van der Waals surface area contributed by atoms with Crippen molar-refractivity contribution < 1.29 is 19.2 Å². The van der Waals surface area contributed by atoms with Crippen molar-refractivity contribution in [1.29, 1.82) is 0 Å². The first-order chi connectivity index (χ1) is 49.1. The molecular formula is C93H149N3O4. The molecule has 0 fully saturated rings. The van der Waals surface area contributed by atoms with E-state index in [-0.39, 0.29) is 35.3 Å². The summed E-state index contributed by atoms with van der Waals surface area (Å²) < 4.78 is 0. The molecule has 0 N–H and O–H groups in total. The maximum absolute atomic E-state index is 16.2. The largest absolute Gasteiger partial charge is 0.303 e. The Labute approximate surface area is 613 Å². The summed E-state index contributed by atoms with van der Waals surface area (Å²) in [6.45, 7) is 24.7. The average molecular weight is 1370 g/mol. The second kappa shape index (κ2) is 48.0. The molecule has 560 valence electrons. The summed E-state index contributed by atoms with van der Waals surface area (Å²) in [5.74, 6) is -0.804. The van der Waals surface area contributed by atoms with Crippen LogP contribution in [0.25, 0.3) is 43.1 Å². The summed E-state index contributed by atoms with van der Waals surface area (Å²) >= 11 is 0. The molecule has 2 aliphatic rings. The van der Waals surface area contributed by atoms with Crippen LogP contribution in [0, 0.1) is 11.8 Å². The predicted octanol–water partition coefficient (Wildman–Crippen LogP) is 27.7. The van der Waals surface area contributed by atoms with Crippen molar-refractivity contribution in [3.05, 3.63) is 69.8 Å². The van der Waals surface area contributed by atoms with Gasteiger partial charge in [-0.3, -0.25) is 24.1 Å². The van der Waals surface area contributed by atoms with Gasteiger partial charge >= 0.3 is 0 Å². The smallest absolute Gasteiger partial charge is 0.261 e. The van der Waals surface area contributed by atoms with E-state index in [1.807, 2.05) is 0 Å². The predicted molar refractivity (Wildman–Crippen MR) is 434 cm³/mol. The molecule has 7 rings (SSSR count). The minimum atomic E-state index is -0.674. The Kier molecular flexibility index (Phi) is 39.9. The summed E-state index contributed by atoms with van der Waals surface area (Å²) in [5.41, 5.74) is 5.18. The molecule has 1 aliphatic carbocycles. The summed E-state index contributed by atoms with van der Waals surface area (Å²) in [6, 6.07) is 13.1. The lowest BCUT2D eigenvalue weighted by molar-refractivity contribution is 0.0515. The highest BCUT2D eigenvalue weighted by Crippen LogP contribution is 2.51. The van der Waals surface area contributed by atoms with Crippen molar-refractivity contribution in [2.24, 2.45) is 11.8 Å². The molecule has 0 saturated carbocycles. The van der Waals surface area contributed by atoms with E-state index in [1.54, 1.807) is 4.90 Å². The topological polar surface area (TPSA) is 78.0 Å². The summed E-state index contributed by atoms with van der Waals surface area (Å²) in [5, 5.41) is 8.12. The Bertz CT molecular complexity index is 2870. The van der Waals surface area contributed by atoms with Crippen molar-refractivity contribution in [3.8, 4) is 0 Å². The maximum atomic E-state index is 16.2. The standard InChI is InChI=1S/C93H149N3O4/c1-9-17-25-29-33-37-41-45-49-55-73(56-50-46-42-38-34-30-26-18-10-2)85-90(97)79-63-61-77-84-75(58-54-70-95(67-23-15-7)68-24-16-8)72-82-87-80(92(99)96(93(82)100)76(59-51-47-43-39-35-31-27-19-11-3)60-52-48-44-40-36-32-28-20-12-4)64-62-78(89(84)87)83-74(71-81(91(85)98)86(79)88(77)83)57-53-69-94(65-21-13-5)66-22-14-6/h61-64,71-73,76,85H,9-60,65-70H2,1-8H3. The van der Waals surface area contributed by atoms with Crippen LogP contribution >= 0.6 is 0 Å². The molecule has 0 aromatic heterocycles. The normalized spacial score (nSPS) is 14.2. The number of rotatable bonds is 62. The van der Waals surface area contributed by atoms with E-state index in [4.69, 9.17) is 0 Å². The van der Waals surface area contributed by atoms with E-state index in [1.165, 1.54) is 237 Å². The van der Waals surface area contributed by atoms with Crippen LogP contribution < -0.4 is 0 Å². The molecule has 0 radical (unpaired) electrons. The molecule has 0 saturated heterocycles. The third-order valence-corrected chi connectivity index (χ3v) is 23.9. The first-order valence-corrected chi connectivity index (χ1v) is 43.8. The van der Waals surface area contributed by atoms with Gasteiger partial charge in [0.05, 0.1) is 5.92 Å². The van der Waals surface area contributed by atoms with Crippen LogP contribution in [0.4, 0.5) is 0 Å². The fourth-order valence-electron chi connectivity index (χ4n) is 17.9. The van der Waals surface area contributed by atoms with Gasteiger partial charge < -0.3 is 9.80 Å². The number of imide groups is 1. The Morgan fingerprint density at radius 1 is 0.290 bits per heavy atom. The van der Waals surface area contributed by atoms with Crippen molar-refractivity contribution in [2.75, 3.05) is 39.3 Å². The van der Waals surface area contributed by atoms with Gasteiger partial charge in [0.2, 0.25) is 0 Å². The minimum Gasteiger partial charge on any atom is -0.303 e. The van der Waals surface area contributed by atoms with E-state index in [9.17, 15) is 0 Å². The van der Waals surface area contributed by atoms with E-state index in [0.29, 0.717) is 11.1 Å². The van der Waals surface area contributed by atoms with Crippen molar-refractivity contribution in [2.45, 2.75) is 395 Å². The van der Waals surface area contributed by atoms with E-state index >= 15 is 19.2 Å². The second-order valence-corrected chi connectivity index (χ2v) is 32.1. The number of unbranched alkanes of at least 4 members (excludes halogenated alkanes) is 36. The van der Waals surface area contributed by atoms with Gasteiger partial charge in [0.15, 0.2) is 11.6 Å². The number of hydrogen-bond acceptors (Lipinski definition) is 6. The fourth-order valence-corrected chi connectivity index (χ4v) is 17.9. The summed E-state index contributed by atoms with van der Waals surface area (Å²) in [4.78, 5) is 71.4. The Balaban J connectivity index is 1.36. The SMILES string of the molecule is CCCCCCCCCCCC(CCCCCCCCCCC)C1C(=O)c2ccc3c4c(CCCN(CCCC)CCCC)cc5c6c(ccc(c7c(CCCN(CCCC)CCCC)cc(c2c37)C1=O)c64)C(=O)N(C(CCCCCCCCCCC)CCCCCCCCCCC)C5=O. The van der Waals surface area contributed by atoms with Crippen LogP contribution in [0.1, 0.15) is 429 Å². The van der Waals surface area contributed by atoms with Gasteiger partial charge in [-0.2, -0.15) is 0 Å². The van der Waals surface area contributed by atoms with Crippen LogP contribution in [0.3, 0.4) is 0 Å². The molecule has 7 heteroatoms. The van der Waals surface area contributed by atoms with Gasteiger partial charge in [0.25, 0.3) is 11.8 Å². The summed E-state index contributed by atoms with van der Waals surface area (Å²) in [6.07, 6.45) is 61.3. The first-order valence-electron chi connectivity index (χ1n) is 43.8. The van der Waals surface area contributed by atoms with E-state index in [0.717, 1.165) is 202 Å².